The van der Waals surface area contributed by atoms with Crippen molar-refractivity contribution in [1.82, 2.24) is 15.2 Å². The smallest absolute Gasteiger partial charge is 0.317 e. The zero-order chi connectivity index (χ0) is 15.1. The fourth-order valence-electron chi connectivity index (χ4n) is 3.82. The van der Waals surface area contributed by atoms with Crippen LogP contribution < -0.4 is 5.32 Å². The molecule has 3 aliphatic rings. The Morgan fingerprint density at radius 1 is 1.36 bits per heavy atom. The van der Waals surface area contributed by atoms with Crippen LogP contribution in [0.25, 0.3) is 0 Å². The summed E-state index contributed by atoms with van der Waals surface area (Å²) in [5.41, 5.74) is 2.16. The van der Waals surface area contributed by atoms with E-state index < -0.39 is 0 Å². The number of ether oxygens (including phenoxy) is 1. The zero-order valence-corrected chi connectivity index (χ0v) is 12.7. The third kappa shape index (κ3) is 2.29. The van der Waals surface area contributed by atoms with Gasteiger partial charge in [-0.2, -0.15) is 0 Å². The topological polar surface area (TPSA) is 54.5 Å². The SMILES string of the molecule is CCc1ccnc(CNC(=O)N2CC3C4C=CC(O4)C3C2)c1. The van der Waals surface area contributed by atoms with Crippen LogP contribution in [0.1, 0.15) is 18.2 Å². The van der Waals surface area contributed by atoms with E-state index in [1.807, 2.05) is 11.0 Å². The van der Waals surface area contributed by atoms with Gasteiger partial charge < -0.3 is 15.0 Å². The van der Waals surface area contributed by atoms with Gasteiger partial charge in [0.1, 0.15) is 0 Å². The van der Waals surface area contributed by atoms with Gasteiger partial charge in [-0.05, 0) is 24.1 Å². The highest BCUT2D eigenvalue weighted by Gasteiger charge is 2.51. The van der Waals surface area contributed by atoms with Gasteiger partial charge in [-0.1, -0.05) is 19.1 Å². The van der Waals surface area contributed by atoms with Crippen LogP contribution in [0.5, 0.6) is 0 Å². The Kier molecular flexibility index (Phi) is 3.37. The van der Waals surface area contributed by atoms with E-state index in [2.05, 4.69) is 35.4 Å². The molecule has 0 radical (unpaired) electrons. The summed E-state index contributed by atoms with van der Waals surface area (Å²) in [6.45, 7) is 4.19. The van der Waals surface area contributed by atoms with E-state index in [1.165, 1.54) is 5.56 Å². The lowest BCUT2D eigenvalue weighted by Gasteiger charge is -2.19. The second kappa shape index (κ2) is 5.39. The Balaban J connectivity index is 1.34. The van der Waals surface area contributed by atoms with Crippen LogP contribution in [0, 0.1) is 11.8 Å². The van der Waals surface area contributed by atoms with Crippen LogP contribution in [0.4, 0.5) is 4.79 Å². The largest absolute Gasteiger partial charge is 0.366 e. The summed E-state index contributed by atoms with van der Waals surface area (Å²) in [5, 5.41) is 2.99. The van der Waals surface area contributed by atoms with Crippen LogP contribution >= 0.6 is 0 Å². The van der Waals surface area contributed by atoms with Crippen molar-refractivity contribution in [2.75, 3.05) is 13.1 Å². The molecule has 4 rings (SSSR count). The summed E-state index contributed by atoms with van der Waals surface area (Å²) in [4.78, 5) is 18.6. The van der Waals surface area contributed by atoms with E-state index in [4.69, 9.17) is 4.74 Å². The van der Waals surface area contributed by atoms with E-state index in [0.29, 0.717) is 18.4 Å². The van der Waals surface area contributed by atoms with Gasteiger partial charge in [0.25, 0.3) is 0 Å². The molecule has 5 nitrogen and oxygen atoms in total. The molecule has 2 fully saturated rings. The maximum absolute atomic E-state index is 12.4. The van der Waals surface area contributed by atoms with E-state index >= 15 is 0 Å². The van der Waals surface area contributed by atoms with E-state index in [0.717, 1.165) is 25.2 Å². The van der Waals surface area contributed by atoms with Crippen LogP contribution in [-0.2, 0) is 17.7 Å². The summed E-state index contributed by atoms with van der Waals surface area (Å²) in [5.74, 6) is 0.949. The first-order valence-corrected chi connectivity index (χ1v) is 8.05. The molecule has 2 bridgehead atoms. The number of nitrogens with zero attached hydrogens (tertiary/aromatic N) is 2. The molecule has 1 N–H and O–H groups in total. The lowest BCUT2D eigenvalue weighted by Crippen LogP contribution is -2.39. The monoisotopic (exact) mass is 299 g/mol. The lowest BCUT2D eigenvalue weighted by atomic mass is 9.86. The number of amides is 2. The summed E-state index contributed by atoms with van der Waals surface area (Å²) in [6, 6.07) is 4.07. The normalized spacial score (nSPS) is 31.6. The van der Waals surface area contributed by atoms with Gasteiger partial charge in [-0.25, -0.2) is 4.79 Å². The minimum Gasteiger partial charge on any atom is -0.366 e. The van der Waals surface area contributed by atoms with Gasteiger partial charge in [-0.15, -0.1) is 0 Å². The second-order valence-corrected chi connectivity index (χ2v) is 6.35. The number of aromatic nitrogens is 1. The highest BCUT2D eigenvalue weighted by Crippen LogP contribution is 2.43. The number of nitrogens with one attached hydrogen (secondary N) is 1. The lowest BCUT2D eigenvalue weighted by molar-refractivity contribution is 0.0882. The predicted octanol–water partition coefficient (Wildman–Crippen LogP) is 1.74. The van der Waals surface area contributed by atoms with Crippen LogP contribution in [-0.4, -0.2) is 41.2 Å². The maximum Gasteiger partial charge on any atom is 0.317 e. The molecule has 3 aliphatic heterocycles. The van der Waals surface area contributed by atoms with Crippen LogP contribution in [0.15, 0.2) is 30.5 Å². The Morgan fingerprint density at radius 3 is 2.77 bits per heavy atom. The first kappa shape index (κ1) is 13.8. The number of urea groups is 1. The van der Waals surface area contributed by atoms with Gasteiger partial charge in [0.05, 0.1) is 24.4 Å². The minimum atomic E-state index is 0.0116. The number of carbonyl (C=O) groups is 1. The van der Waals surface area contributed by atoms with E-state index in [9.17, 15) is 4.79 Å². The van der Waals surface area contributed by atoms with Gasteiger partial charge in [-0.3, -0.25) is 4.98 Å². The molecule has 0 spiro atoms. The summed E-state index contributed by atoms with van der Waals surface area (Å²) in [6.07, 6.45) is 7.52. The molecular weight excluding hydrogens is 278 g/mol. The minimum absolute atomic E-state index is 0.0116. The molecule has 0 saturated carbocycles. The Labute approximate surface area is 130 Å². The molecule has 116 valence electrons. The fraction of sp³-hybridized carbons (Fsp3) is 0.529. The standard InChI is InChI=1S/C17H21N3O2/c1-2-11-5-6-18-12(7-11)8-19-17(21)20-9-13-14(10-20)16-4-3-15(13)22-16/h3-7,13-16H,2,8-10H2,1H3,(H,19,21). The molecule has 5 heteroatoms. The maximum atomic E-state index is 12.4. The third-order valence-corrected chi connectivity index (χ3v) is 5.06. The average molecular weight is 299 g/mol. The van der Waals surface area contributed by atoms with Crippen molar-refractivity contribution in [2.24, 2.45) is 11.8 Å². The van der Waals surface area contributed by atoms with Crippen molar-refractivity contribution in [3.8, 4) is 0 Å². The zero-order valence-electron chi connectivity index (χ0n) is 12.7. The third-order valence-electron chi connectivity index (χ3n) is 5.06. The first-order chi connectivity index (χ1) is 10.7. The van der Waals surface area contributed by atoms with Crippen molar-refractivity contribution < 1.29 is 9.53 Å². The van der Waals surface area contributed by atoms with E-state index in [1.54, 1.807) is 6.20 Å². The van der Waals surface area contributed by atoms with Crippen LogP contribution in [0.2, 0.25) is 0 Å². The Hall–Kier alpha value is -1.88. The number of aryl methyl sites for hydroxylation is 1. The Bertz CT molecular complexity index is 596. The van der Waals surface area contributed by atoms with Crippen molar-refractivity contribution >= 4 is 6.03 Å². The average Bonchev–Trinajstić information content (AvgIpc) is 3.24. The predicted molar refractivity (Wildman–Crippen MR) is 82.2 cm³/mol. The molecule has 0 aliphatic carbocycles. The molecule has 2 saturated heterocycles. The first-order valence-electron chi connectivity index (χ1n) is 8.05. The molecule has 4 atom stereocenters. The molecule has 0 aromatic carbocycles. The quantitative estimate of drug-likeness (QED) is 0.865. The van der Waals surface area contributed by atoms with E-state index in [-0.39, 0.29) is 18.2 Å². The highest BCUT2D eigenvalue weighted by molar-refractivity contribution is 5.74. The second-order valence-electron chi connectivity index (χ2n) is 6.35. The molecule has 1 aromatic rings. The number of rotatable bonds is 3. The van der Waals surface area contributed by atoms with Gasteiger partial charge in [0.2, 0.25) is 0 Å². The van der Waals surface area contributed by atoms with Crippen molar-refractivity contribution in [3.05, 3.63) is 41.7 Å². The van der Waals surface area contributed by atoms with Crippen molar-refractivity contribution in [3.63, 3.8) is 0 Å². The van der Waals surface area contributed by atoms with Gasteiger partial charge >= 0.3 is 6.03 Å². The molecule has 4 heterocycles. The highest BCUT2D eigenvalue weighted by atomic mass is 16.5. The number of pyridine rings is 1. The molecule has 22 heavy (non-hydrogen) atoms. The van der Waals surface area contributed by atoms with Crippen molar-refractivity contribution in [2.45, 2.75) is 32.1 Å². The number of carbonyl (C=O) groups excluding carboxylic acids is 1. The summed E-state index contributed by atoms with van der Waals surface area (Å²) in [7, 11) is 0. The molecular formula is C17H21N3O2. The fourth-order valence-corrected chi connectivity index (χ4v) is 3.82. The number of hydrogen-bond donors (Lipinski definition) is 1. The van der Waals surface area contributed by atoms with Crippen molar-refractivity contribution in [1.29, 1.82) is 0 Å². The summed E-state index contributed by atoms with van der Waals surface area (Å²) < 4.78 is 5.84. The number of hydrogen-bond acceptors (Lipinski definition) is 3. The summed E-state index contributed by atoms with van der Waals surface area (Å²) >= 11 is 0. The van der Waals surface area contributed by atoms with Gasteiger partial charge in [0.15, 0.2) is 0 Å². The van der Waals surface area contributed by atoms with Crippen LogP contribution in [0.3, 0.4) is 0 Å². The molecule has 2 amide bonds. The molecule has 4 unspecified atom stereocenters. The Morgan fingerprint density at radius 2 is 2.09 bits per heavy atom. The molecule has 1 aromatic heterocycles. The number of fused-ring (bicyclic) bond motifs is 5. The number of likely N-dealkylation sites (tertiary alicyclic amines) is 1. The van der Waals surface area contributed by atoms with Gasteiger partial charge in [0, 0.05) is 31.1 Å².